The van der Waals surface area contributed by atoms with Crippen LogP contribution in [0, 0.1) is 0 Å². The maximum Gasteiger partial charge on any atom is 0.160 e. The van der Waals surface area contributed by atoms with Crippen LogP contribution in [0.4, 0.5) is 0 Å². The molecule has 1 rings (SSSR count). The first-order valence-corrected chi connectivity index (χ1v) is 22.6. The summed E-state index contributed by atoms with van der Waals surface area (Å²) >= 11 is 0. The van der Waals surface area contributed by atoms with Gasteiger partial charge in [0.25, 0.3) is 0 Å². The van der Waals surface area contributed by atoms with E-state index in [4.69, 9.17) is 14.9 Å². The summed E-state index contributed by atoms with van der Waals surface area (Å²) in [4.78, 5) is 0. The molecule has 272 valence electrons. The van der Waals surface area contributed by atoms with Crippen molar-refractivity contribution in [1.82, 2.24) is 0 Å². The topological polar surface area (TPSA) is 69.9 Å². The third-order valence-electron chi connectivity index (χ3n) is 5.44. The van der Waals surface area contributed by atoms with Crippen molar-refractivity contribution >= 4 is 53.0 Å². The summed E-state index contributed by atoms with van der Waals surface area (Å²) in [7, 11) is 10.6. The molecule has 0 aliphatic carbocycles. The predicted octanol–water partition coefficient (Wildman–Crippen LogP) is 12.7. The molecule has 0 fully saturated rings. The Hall–Kier alpha value is -1.07. The second kappa shape index (κ2) is 49.3. The number of aliphatic hydroxyl groups is 2. The van der Waals surface area contributed by atoms with Crippen LogP contribution in [0.15, 0.2) is 93.1 Å². The van der Waals surface area contributed by atoms with Gasteiger partial charge in [-0.25, -0.2) is 0 Å². The zero-order chi connectivity index (χ0) is 36.2. The molecule has 0 aliphatic heterocycles. The van der Waals surface area contributed by atoms with Crippen molar-refractivity contribution in [3.63, 3.8) is 0 Å². The average molecular weight is 747 g/mol. The van der Waals surface area contributed by atoms with Gasteiger partial charge in [-0.05, 0) is 58.8 Å². The normalized spacial score (nSPS) is 9.79. The summed E-state index contributed by atoms with van der Waals surface area (Å²) in [6.07, 6.45) is 23.1. The van der Waals surface area contributed by atoms with E-state index in [1.165, 1.54) is 45.6 Å². The number of methoxy groups -OCH3 is 1. The van der Waals surface area contributed by atoms with Crippen molar-refractivity contribution in [2.24, 2.45) is 0 Å². The first kappa shape index (κ1) is 52.7. The lowest BCUT2D eigenvalue weighted by molar-refractivity contribution is 0.282. The van der Waals surface area contributed by atoms with Gasteiger partial charge < -0.3 is 20.1 Å². The highest BCUT2D eigenvalue weighted by atomic mass is 33.5. The minimum absolute atomic E-state index is 0.172. The molecule has 1 aromatic carbocycles. The Kier molecular flexibility index (Phi) is 55.3. The lowest BCUT2D eigenvalue weighted by Crippen LogP contribution is -1.87. The van der Waals surface area contributed by atoms with Crippen LogP contribution in [0.2, 0.25) is 0 Å². The van der Waals surface area contributed by atoms with Crippen molar-refractivity contribution in [1.29, 1.82) is 0 Å². The van der Waals surface area contributed by atoms with Crippen LogP contribution in [-0.2, 0) is 6.42 Å². The van der Waals surface area contributed by atoms with E-state index in [1.54, 1.807) is 65.1 Å². The highest BCUT2D eigenvalue weighted by molar-refractivity contribution is 9.09. The third kappa shape index (κ3) is 47.1. The number of rotatable bonds is 24. The number of unbranched alkanes of at least 4 members (excludes halogenated alkanes) is 6. The molecule has 3 N–H and O–H groups in total. The zero-order valence-electron chi connectivity index (χ0n) is 29.8. The quantitative estimate of drug-likeness (QED) is 0.0545. The fourth-order valence-corrected chi connectivity index (χ4v) is 7.59. The van der Waals surface area contributed by atoms with Crippen LogP contribution in [0.25, 0.3) is 0 Å². The standard InChI is InChI=1S/C10H12O2.C8H16O.C8H18O.C6H10S3.C6H10S2/c1-3-4-8-5-6-9(11)10(7-8)12-2;1-3-5-6-8(4-2)7-9;1-2-3-4-5-6-7-8-9;1-3-5-7-9-8-6-4-2;1-3-5-7-8-6-4-2/h3,5-7,11H,1,4H2,2H3;6,9H,3-5,7H2,1-2H3;9H,2-8H2,1H3;3-4H,1-2,5-6H2;3-4H,1-2,5-6H2. The summed E-state index contributed by atoms with van der Waals surface area (Å²) in [6.45, 7) is 25.1. The van der Waals surface area contributed by atoms with Crippen LogP contribution in [0.1, 0.15) is 84.1 Å². The fraction of sp³-hybridized carbons (Fsp3) is 0.526. The van der Waals surface area contributed by atoms with Crippen molar-refractivity contribution in [3.05, 3.63) is 98.7 Å². The number of aliphatic hydroxyl groups excluding tert-OH is 2. The summed E-state index contributed by atoms with van der Waals surface area (Å²) in [5.74, 6) is 4.78. The molecule has 0 amide bonds. The first-order chi connectivity index (χ1) is 22.9. The van der Waals surface area contributed by atoms with Crippen LogP contribution in [0.3, 0.4) is 0 Å². The number of hydrogen-bond donors (Lipinski definition) is 3. The van der Waals surface area contributed by atoms with Gasteiger partial charge in [0.1, 0.15) is 0 Å². The molecular formula is C38H66O4S5. The number of phenolic OH excluding ortho intramolecular Hbond substituents is 1. The summed E-state index contributed by atoms with van der Waals surface area (Å²) < 4.78 is 4.95. The van der Waals surface area contributed by atoms with E-state index < -0.39 is 0 Å². The van der Waals surface area contributed by atoms with Crippen LogP contribution < -0.4 is 4.74 Å². The Labute approximate surface area is 309 Å². The molecule has 0 bridgehead atoms. The molecule has 4 nitrogen and oxygen atoms in total. The Morgan fingerprint density at radius 1 is 0.723 bits per heavy atom. The number of phenols is 1. The van der Waals surface area contributed by atoms with E-state index in [0.717, 1.165) is 59.8 Å². The molecule has 0 saturated carbocycles. The maximum absolute atomic E-state index is 9.25. The molecule has 0 atom stereocenters. The summed E-state index contributed by atoms with van der Waals surface area (Å²) in [5.41, 5.74) is 2.25. The third-order valence-corrected chi connectivity index (χ3v) is 11.7. The highest BCUT2D eigenvalue weighted by Gasteiger charge is 2.00. The highest BCUT2D eigenvalue weighted by Crippen LogP contribution is 2.34. The van der Waals surface area contributed by atoms with Crippen molar-refractivity contribution in [2.45, 2.75) is 85.0 Å². The van der Waals surface area contributed by atoms with Gasteiger partial charge in [-0.15, -0.1) is 32.9 Å². The maximum atomic E-state index is 9.25. The van der Waals surface area contributed by atoms with Crippen LogP contribution >= 0.6 is 53.0 Å². The van der Waals surface area contributed by atoms with Gasteiger partial charge in [-0.3, -0.25) is 0 Å². The number of allylic oxidation sites excluding steroid dienone is 2. The van der Waals surface area contributed by atoms with Gasteiger partial charge in [0, 0.05) is 29.6 Å². The Bertz CT molecular complexity index is 830. The molecule has 9 heteroatoms. The largest absolute Gasteiger partial charge is 0.504 e. The molecule has 0 unspecified atom stereocenters. The monoisotopic (exact) mass is 746 g/mol. The number of hydrogen-bond acceptors (Lipinski definition) is 9. The molecule has 0 spiro atoms. The van der Waals surface area contributed by atoms with Gasteiger partial charge in [0.05, 0.1) is 13.7 Å². The van der Waals surface area contributed by atoms with Gasteiger partial charge in [0.2, 0.25) is 0 Å². The summed E-state index contributed by atoms with van der Waals surface area (Å²) in [5, 5.41) is 26.4. The molecule has 0 radical (unpaired) electrons. The molecule has 0 aromatic heterocycles. The van der Waals surface area contributed by atoms with Crippen molar-refractivity contribution < 1.29 is 20.1 Å². The molecule has 0 heterocycles. The van der Waals surface area contributed by atoms with E-state index >= 15 is 0 Å². The SMILES string of the molecule is C=CCSSCC=C.C=CCSSSCC=C.C=CCc1ccc(O)c(OC)c1.CCCC=C(CC)CO.CCCCCCCCO. The van der Waals surface area contributed by atoms with Gasteiger partial charge in [-0.1, -0.05) is 145 Å². The van der Waals surface area contributed by atoms with Gasteiger partial charge in [-0.2, -0.15) is 0 Å². The average Bonchev–Trinajstić information content (AvgIpc) is 3.09. The number of ether oxygens (including phenoxy) is 1. The lowest BCUT2D eigenvalue weighted by Gasteiger charge is -2.04. The van der Waals surface area contributed by atoms with E-state index in [0.29, 0.717) is 12.4 Å². The first-order valence-electron chi connectivity index (χ1n) is 16.3. The van der Waals surface area contributed by atoms with E-state index in [1.807, 2.05) is 36.4 Å². The summed E-state index contributed by atoms with van der Waals surface area (Å²) in [6, 6.07) is 5.27. The second-order valence-electron chi connectivity index (χ2n) is 9.51. The predicted molar refractivity (Wildman–Crippen MR) is 228 cm³/mol. The van der Waals surface area contributed by atoms with Crippen molar-refractivity contribution in [2.75, 3.05) is 43.3 Å². The molecule has 1 aromatic rings. The van der Waals surface area contributed by atoms with Crippen molar-refractivity contribution in [3.8, 4) is 11.5 Å². The molecule has 47 heavy (non-hydrogen) atoms. The smallest absolute Gasteiger partial charge is 0.160 e. The minimum Gasteiger partial charge on any atom is -0.504 e. The molecular weight excluding hydrogens is 681 g/mol. The Morgan fingerprint density at radius 2 is 1.26 bits per heavy atom. The van der Waals surface area contributed by atoms with Crippen LogP contribution in [0.5, 0.6) is 11.5 Å². The Balaban J connectivity index is -0.000000248. The molecule has 0 aliphatic rings. The van der Waals surface area contributed by atoms with E-state index in [9.17, 15) is 5.11 Å². The van der Waals surface area contributed by atoms with Gasteiger partial charge in [0.15, 0.2) is 11.5 Å². The van der Waals surface area contributed by atoms with Crippen LogP contribution in [-0.4, -0.2) is 58.7 Å². The fourth-order valence-electron chi connectivity index (χ4n) is 2.96. The number of aromatic hydroxyl groups is 1. The number of benzene rings is 1. The lowest BCUT2D eigenvalue weighted by atomic mass is 10.1. The minimum atomic E-state index is 0.172. The molecule has 0 saturated heterocycles. The Morgan fingerprint density at radius 3 is 1.68 bits per heavy atom. The van der Waals surface area contributed by atoms with E-state index in [-0.39, 0.29) is 12.4 Å². The van der Waals surface area contributed by atoms with E-state index in [2.05, 4.69) is 59.7 Å². The van der Waals surface area contributed by atoms with Gasteiger partial charge >= 0.3 is 0 Å². The second-order valence-corrected chi connectivity index (χ2v) is 16.4. The zero-order valence-corrected chi connectivity index (χ0v) is 33.9.